The van der Waals surface area contributed by atoms with Crippen LogP contribution in [0.2, 0.25) is 0 Å². The number of Topliss-reactive ketones (excluding diaryl/α,β-unsaturated/α-hetero) is 1. The van der Waals surface area contributed by atoms with Crippen LogP contribution in [0.5, 0.6) is 0 Å². The molecule has 1 amide bonds. The van der Waals surface area contributed by atoms with Crippen LogP contribution < -0.4 is 5.73 Å². The average Bonchev–Trinajstić information content (AvgIpc) is 2.99. The van der Waals surface area contributed by atoms with Crippen LogP contribution in [0, 0.1) is 5.92 Å². The highest BCUT2D eigenvalue weighted by Crippen LogP contribution is 2.37. The number of amides is 1. The average molecular weight is 597 g/mol. The quantitative estimate of drug-likeness (QED) is 0.208. The Morgan fingerprint density at radius 1 is 1.15 bits per heavy atom. The molecule has 2 saturated carbocycles. The first-order valence-electron chi connectivity index (χ1n) is 12.8. The van der Waals surface area contributed by atoms with Crippen molar-refractivity contribution in [2.24, 2.45) is 21.6 Å². The number of hydrogen-bond acceptors (Lipinski definition) is 5. The van der Waals surface area contributed by atoms with Gasteiger partial charge < -0.3 is 10.6 Å². The molecule has 2 fully saturated rings. The van der Waals surface area contributed by atoms with Crippen molar-refractivity contribution in [1.82, 2.24) is 4.90 Å². The van der Waals surface area contributed by atoms with Gasteiger partial charge in [-0.15, -0.1) is 0 Å². The monoisotopic (exact) mass is 596 g/mol. The van der Waals surface area contributed by atoms with Gasteiger partial charge in [-0.25, -0.2) is 8.78 Å². The zero-order valence-corrected chi connectivity index (χ0v) is 22.9. The lowest BCUT2D eigenvalue weighted by atomic mass is 9.89. The second kappa shape index (κ2) is 12.9. The van der Waals surface area contributed by atoms with Crippen molar-refractivity contribution in [3.05, 3.63) is 33.6 Å². The number of aliphatic imine (C=N–C) groups is 2. The Hall–Kier alpha value is -2.27. The lowest BCUT2D eigenvalue weighted by Gasteiger charge is -2.37. The first-order valence-corrected chi connectivity index (χ1v) is 13.6. The van der Waals surface area contributed by atoms with Gasteiger partial charge in [0.2, 0.25) is 5.92 Å². The van der Waals surface area contributed by atoms with E-state index in [1.807, 2.05) is 0 Å². The van der Waals surface area contributed by atoms with Crippen LogP contribution in [0.3, 0.4) is 0 Å². The minimum Gasteiger partial charge on any atom is -0.404 e. The van der Waals surface area contributed by atoms with Crippen LogP contribution >= 0.6 is 23.2 Å². The zero-order valence-electron chi connectivity index (χ0n) is 21.4. The van der Waals surface area contributed by atoms with Gasteiger partial charge in [-0.1, -0.05) is 49.4 Å². The number of carbonyl (C=O) groups excluding carboxylic acids is 2. The molecule has 0 saturated heterocycles. The molecule has 0 radical (unpaired) electrons. The van der Waals surface area contributed by atoms with Crippen LogP contribution in [-0.4, -0.2) is 59.2 Å². The van der Waals surface area contributed by atoms with Crippen LogP contribution in [0.4, 0.5) is 22.0 Å². The molecule has 0 aromatic carbocycles. The molecule has 2 aliphatic carbocycles. The van der Waals surface area contributed by atoms with E-state index in [-0.39, 0.29) is 28.5 Å². The maximum Gasteiger partial charge on any atom is 0.433 e. The molecule has 0 spiro atoms. The summed E-state index contributed by atoms with van der Waals surface area (Å²) in [5.41, 5.74) is 3.22. The molecule has 0 aromatic rings. The Morgan fingerprint density at radius 3 is 2.33 bits per heavy atom. The number of ketones is 1. The van der Waals surface area contributed by atoms with Crippen LogP contribution in [0.15, 0.2) is 43.6 Å². The third kappa shape index (κ3) is 7.90. The van der Waals surface area contributed by atoms with E-state index in [1.54, 1.807) is 6.92 Å². The molecular formula is C26H31Cl2F5N4O2. The van der Waals surface area contributed by atoms with Crippen LogP contribution in [0.1, 0.15) is 64.7 Å². The molecule has 0 aromatic heterocycles. The molecule has 3 rings (SSSR count). The van der Waals surface area contributed by atoms with E-state index in [0.29, 0.717) is 31.9 Å². The molecular weight excluding hydrogens is 566 g/mol. The molecule has 0 bridgehead atoms. The number of nitrogens with zero attached hydrogens (tertiary/aromatic N) is 3. The lowest BCUT2D eigenvalue weighted by Crippen LogP contribution is -2.49. The summed E-state index contributed by atoms with van der Waals surface area (Å²) >= 11 is 12.4. The summed E-state index contributed by atoms with van der Waals surface area (Å²) < 4.78 is 70.5. The smallest absolute Gasteiger partial charge is 0.404 e. The number of allylic oxidation sites excluding steroid dienone is 2. The van der Waals surface area contributed by atoms with Crippen molar-refractivity contribution in [2.45, 2.75) is 88.9 Å². The van der Waals surface area contributed by atoms with Crippen molar-refractivity contribution >= 4 is 46.8 Å². The third-order valence-corrected chi connectivity index (χ3v) is 8.03. The highest BCUT2D eigenvalue weighted by molar-refractivity contribution is 6.42. The topological polar surface area (TPSA) is 88.1 Å². The Bertz CT molecular complexity index is 1100. The summed E-state index contributed by atoms with van der Waals surface area (Å²) in [6.45, 7) is 0.870. The lowest BCUT2D eigenvalue weighted by molar-refractivity contribution is -0.136. The van der Waals surface area contributed by atoms with Gasteiger partial charge >= 0.3 is 6.18 Å². The SMILES string of the molecule is C[C@H]1C(Cl)=CN=CC(Cl)=C1C(=O)CN(C(=O)C(=CN)C(=NC1CCCCC1)C(F)(F)F)C1CCC(F)(F)CC1. The van der Waals surface area contributed by atoms with Crippen molar-refractivity contribution in [1.29, 1.82) is 0 Å². The molecule has 6 nitrogen and oxygen atoms in total. The van der Waals surface area contributed by atoms with Gasteiger partial charge in [-0.05, 0) is 25.7 Å². The zero-order chi connectivity index (χ0) is 29.0. The third-order valence-electron chi connectivity index (χ3n) is 7.30. The number of rotatable bonds is 7. The molecule has 1 atom stereocenters. The summed E-state index contributed by atoms with van der Waals surface area (Å²) in [5, 5.41) is 0.133. The fourth-order valence-corrected chi connectivity index (χ4v) is 5.60. The van der Waals surface area contributed by atoms with Crippen LogP contribution in [-0.2, 0) is 9.59 Å². The molecule has 216 valence electrons. The molecule has 2 N–H and O–H groups in total. The van der Waals surface area contributed by atoms with Crippen LogP contribution in [0.25, 0.3) is 0 Å². The standard InChI is InChI=1S/C26H31Cl2F5N4O2/c1-15-19(27)12-35-13-20(28)22(15)21(38)14-37(17-7-9-25(29,30)10-8-17)24(39)18(11-34)23(26(31,32)33)36-16-5-3-2-4-6-16/h11-13,15-17H,2-10,14,34H2,1H3/t15-/m0/s1. The molecule has 1 heterocycles. The summed E-state index contributed by atoms with van der Waals surface area (Å²) in [6.07, 6.45) is -0.409. The van der Waals surface area contributed by atoms with Gasteiger partial charge in [0.15, 0.2) is 11.5 Å². The first-order chi connectivity index (χ1) is 18.2. The van der Waals surface area contributed by atoms with Crippen molar-refractivity contribution < 1.29 is 31.5 Å². The van der Waals surface area contributed by atoms with E-state index in [0.717, 1.165) is 11.3 Å². The van der Waals surface area contributed by atoms with Gasteiger partial charge in [0.05, 0.1) is 23.2 Å². The summed E-state index contributed by atoms with van der Waals surface area (Å²) in [4.78, 5) is 35.9. The van der Waals surface area contributed by atoms with E-state index in [4.69, 9.17) is 28.9 Å². The highest BCUT2D eigenvalue weighted by Gasteiger charge is 2.45. The van der Waals surface area contributed by atoms with Crippen molar-refractivity contribution in [3.63, 3.8) is 0 Å². The number of carbonyl (C=O) groups is 2. The number of hydrogen-bond donors (Lipinski definition) is 1. The van der Waals surface area contributed by atoms with Crippen molar-refractivity contribution in [3.8, 4) is 0 Å². The maximum atomic E-state index is 14.2. The Balaban J connectivity index is 2.00. The van der Waals surface area contributed by atoms with E-state index in [1.165, 1.54) is 12.4 Å². The summed E-state index contributed by atoms with van der Waals surface area (Å²) in [5.74, 6) is -5.60. The Morgan fingerprint density at radius 2 is 1.77 bits per heavy atom. The van der Waals surface area contributed by atoms with Gasteiger partial charge in [-0.2, -0.15) is 13.2 Å². The number of halogens is 7. The van der Waals surface area contributed by atoms with Gasteiger partial charge in [0.25, 0.3) is 5.91 Å². The fraction of sp³-hybridized carbons (Fsp3) is 0.615. The predicted molar refractivity (Wildman–Crippen MR) is 141 cm³/mol. The van der Waals surface area contributed by atoms with E-state index in [2.05, 4.69) is 9.98 Å². The number of alkyl halides is 5. The normalized spacial score (nSPS) is 23.9. The largest absolute Gasteiger partial charge is 0.433 e. The highest BCUT2D eigenvalue weighted by atomic mass is 35.5. The van der Waals surface area contributed by atoms with Gasteiger partial charge in [0.1, 0.15) is 0 Å². The Labute approximate surface area is 233 Å². The van der Waals surface area contributed by atoms with Gasteiger partial charge in [-0.3, -0.25) is 19.6 Å². The Kier molecular flexibility index (Phi) is 10.4. The van der Waals surface area contributed by atoms with E-state index >= 15 is 0 Å². The second-order valence-electron chi connectivity index (χ2n) is 10.1. The molecule has 13 heteroatoms. The second-order valence-corrected chi connectivity index (χ2v) is 10.9. The molecule has 0 unspecified atom stereocenters. The summed E-state index contributed by atoms with van der Waals surface area (Å²) in [7, 11) is 0. The van der Waals surface area contributed by atoms with Gasteiger partial charge in [0, 0.05) is 54.0 Å². The summed E-state index contributed by atoms with van der Waals surface area (Å²) in [6, 6.07) is -1.56. The predicted octanol–water partition coefficient (Wildman–Crippen LogP) is 6.43. The first kappa shape index (κ1) is 31.3. The minimum absolute atomic E-state index is 0.00306. The molecule has 1 aliphatic heterocycles. The number of nitrogens with two attached hydrogens (primary N) is 1. The molecule has 39 heavy (non-hydrogen) atoms. The van der Waals surface area contributed by atoms with E-state index < -0.39 is 72.5 Å². The minimum atomic E-state index is -5.01. The maximum absolute atomic E-state index is 14.2. The molecule has 3 aliphatic rings. The van der Waals surface area contributed by atoms with Crippen molar-refractivity contribution in [2.75, 3.05) is 6.54 Å². The van der Waals surface area contributed by atoms with E-state index in [9.17, 15) is 31.5 Å². The fourth-order valence-electron chi connectivity index (χ4n) is 5.11.